The Morgan fingerprint density at radius 2 is 1.18 bits per heavy atom. The van der Waals surface area contributed by atoms with Crippen molar-refractivity contribution in [2.24, 2.45) is 22.9 Å². The van der Waals surface area contributed by atoms with E-state index in [0.29, 0.717) is 0 Å². The van der Waals surface area contributed by atoms with Crippen molar-refractivity contribution in [1.82, 2.24) is 0 Å². The van der Waals surface area contributed by atoms with E-state index in [1.807, 2.05) is 0 Å². The molecule has 15 nitrogen and oxygen atoms in total. The highest BCUT2D eigenvalue weighted by atomic mass is 16.7. The van der Waals surface area contributed by atoms with Crippen LogP contribution in [-0.4, -0.2) is 141 Å². The van der Waals surface area contributed by atoms with Crippen LogP contribution >= 0.6 is 0 Å². The minimum absolute atomic E-state index is 0.0849. The molecule has 15 heteroatoms. The Kier molecular flexibility index (Phi) is 8.99. The van der Waals surface area contributed by atoms with E-state index in [4.69, 9.17) is 41.9 Å². The van der Waals surface area contributed by atoms with Gasteiger partial charge in [-0.15, -0.1) is 0 Å². The van der Waals surface area contributed by atoms with Gasteiger partial charge in [0.1, 0.15) is 61.0 Å². The summed E-state index contributed by atoms with van der Waals surface area (Å²) in [5, 5.41) is 70.9. The summed E-state index contributed by atoms with van der Waals surface area (Å²) < 4.78 is 22.2. The monoisotopic (exact) mass is 484 g/mol. The molecule has 15 atom stereocenters. The van der Waals surface area contributed by atoms with Gasteiger partial charge in [-0.2, -0.15) is 0 Å². The van der Waals surface area contributed by atoms with Gasteiger partial charge >= 0.3 is 0 Å². The average molecular weight is 485 g/mol. The molecule has 0 aromatic heterocycles. The molecule has 194 valence electrons. The maximum absolute atomic E-state index is 10.9. The molecule has 0 spiro atoms. The Balaban J connectivity index is 1.72. The number of aliphatic hydroxyl groups is 7. The molecule has 0 aromatic carbocycles. The van der Waals surface area contributed by atoms with Crippen LogP contribution in [0.15, 0.2) is 0 Å². The van der Waals surface area contributed by atoms with Crippen LogP contribution in [0.5, 0.6) is 0 Å². The Labute approximate surface area is 189 Å². The van der Waals surface area contributed by atoms with Crippen LogP contribution in [0.25, 0.3) is 0 Å². The molecule has 2 aliphatic heterocycles. The quantitative estimate of drug-likeness (QED) is 0.167. The molecule has 0 aromatic rings. The van der Waals surface area contributed by atoms with E-state index in [-0.39, 0.29) is 13.0 Å². The zero-order valence-corrected chi connectivity index (χ0v) is 17.9. The first-order valence-corrected chi connectivity index (χ1v) is 10.8. The lowest BCUT2D eigenvalue weighted by molar-refractivity contribution is -0.332. The normalized spacial score (nSPS) is 53.7. The third-order valence-corrected chi connectivity index (χ3v) is 6.48. The van der Waals surface area contributed by atoms with E-state index >= 15 is 0 Å². The second-order valence-corrected chi connectivity index (χ2v) is 8.79. The van der Waals surface area contributed by atoms with Crippen molar-refractivity contribution >= 4 is 0 Å². The van der Waals surface area contributed by atoms with Gasteiger partial charge in [-0.05, 0) is 6.42 Å². The van der Waals surface area contributed by atoms with Crippen molar-refractivity contribution in [3.63, 3.8) is 0 Å². The zero-order valence-electron chi connectivity index (χ0n) is 17.9. The number of ether oxygens (including phenoxy) is 4. The maximum atomic E-state index is 10.9. The van der Waals surface area contributed by atoms with E-state index < -0.39 is 98.4 Å². The third-order valence-electron chi connectivity index (χ3n) is 6.48. The van der Waals surface area contributed by atoms with Crippen molar-refractivity contribution in [3.05, 3.63) is 0 Å². The van der Waals surface area contributed by atoms with E-state index in [9.17, 15) is 35.7 Å². The van der Waals surface area contributed by atoms with Gasteiger partial charge in [-0.1, -0.05) is 0 Å². The Morgan fingerprint density at radius 1 is 0.667 bits per heavy atom. The molecule has 1 saturated carbocycles. The summed E-state index contributed by atoms with van der Waals surface area (Å²) in [5.41, 5.74) is 23.5. The predicted molar refractivity (Wildman–Crippen MR) is 108 cm³/mol. The van der Waals surface area contributed by atoms with Gasteiger partial charge in [0.05, 0.1) is 12.6 Å². The van der Waals surface area contributed by atoms with Gasteiger partial charge in [0.25, 0.3) is 0 Å². The van der Waals surface area contributed by atoms with E-state index in [2.05, 4.69) is 0 Å². The molecule has 7 unspecified atom stereocenters. The maximum Gasteiger partial charge on any atom is 0.187 e. The molecule has 0 radical (unpaired) electrons. The minimum Gasteiger partial charge on any atom is -0.394 e. The standard InChI is InChI=1S/C18H36N4O11/c19-2-6-10(25)12(27)13(28)18(30-6)33-16-5(21)1-4(20)15(14(16)29)32-17-11(26)8(22)9(24)7(3-23)31-17/h4-18,23-29H,1-3,19-22H2/t4?,5?,6?,7-,8?,9-,10-,11-,12?,13+,14-,15-,16?,17?,18-/m1/s1. The molecule has 3 aliphatic rings. The fraction of sp³-hybridized carbons (Fsp3) is 1.00. The molecular weight excluding hydrogens is 448 g/mol. The lowest BCUT2D eigenvalue weighted by atomic mass is 9.84. The second-order valence-electron chi connectivity index (χ2n) is 8.79. The topological polar surface area (TPSA) is 283 Å². The minimum atomic E-state index is -1.66. The van der Waals surface area contributed by atoms with Crippen LogP contribution in [0.3, 0.4) is 0 Å². The Bertz CT molecular complexity index is 584. The molecule has 2 heterocycles. The van der Waals surface area contributed by atoms with Crippen molar-refractivity contribution in [2.75, 3.05) is 13.2 Å². The first kappa shape index (κ1) is 27.0. The summed E-state index contributed by atoms with van der Waals surface area (Å²) in [6.45, 7) is -0.763. The van der Waals surface area contributed by atoms with Crippen LogP contribution in [-0.2, 0) is 18.9 Å². The summed E-state index contributed by atoms with van der Waals surface area (Å²) in [6.07, 6.45) is -16.5. The molecule has 0 bridgehead atoms. The Morgan fingerprint density at radius 3 is 1.70 bits per heavy atom. The molecule has 15 N–H and O–H groups in total. The number of hydrogen-bond acceptors (Lipinski definition) is 15. The Hall–Kier alpha value is -0.600. The average Bonchev–Trinajstić information content (AvgIpc) is 2.79. The van der Waals surface area contributed by atoms with Gasteiger partial charge in [0, 0.05) is 18.6 Å². The lowest BCUT2D eigenvalue weighted by Crippen LogP contribution is -2.68. The highest BCUT2D eigenvalue weighted by molar-refractivity contribution is 5.01. The zero-order chi connectivity index (χ0) is 24.6. The van der Waals surface area contributed by atoms with E-state index in [0.717, 1.165) is 0 Å². The highest BCUT2D eigenvalue weighted by Crippen LogP contribution is 2.31. The second kappa shape index (κ2) is 11.0. The van der Waals surface area contributed by atoms with Gasteiger partial charge in [0.2, 0.25) is 0 Å². The van der Waals surface area contributed by atoms with Crippen LogP contribution in [0.1, 0.15) is 6.42 Å². The summed E-state index contributed by atoms with van der Waals surface area (Å²) in [4.78, 5) is 0. The molecule has 2 saturated heterocycles. The number of aliphatic hydroxyl groups excluding tert-OH is 7. The van der Waals surface area contributed by atoms with Gasteiger partial charge < -0.3 is 77.6 Å². The number of rotatable bonds is 6. The summed E-state index contributed by atoms with van der Waals surface area (Å²) in [5.74, 6) is 0. The fourth-order valence-electron chi connectivity index (χ4n) is 4.40. The van der Waals surface area contributed by atoms with Crippen molar-refractivity contribution < 1.29 is 54.7 Å². The molecular formula is C18H36N4O11. The molecule has 3 fully saturated rings. The lowest BCUT2D eigenvalue weighted by Gasteiger charge is -2.48. The van der Waals surface area contributed by atoms with Crippen LogP contribution in [0.4, 0.5) is 0 Å². The number of hydrogen-bond donors (Lipinski definition) is 11. The first-order valence-electron chi connectivity index (χ1n) is 10.8. The number of nitrogens with two attached hydrogens (primary N) is 4. The van der Waals surface area contributed by atoms with Gasteiger partial charge in [-0.25, -0.2) is 0 Å². The van der Waals surface area contributed by atoms with Crippen molar-refractivity contribution in [1.29, 1.82) is 0 Å². The molecule has 33 heavy (non-hydrogen) atoms. The summed E-state index contributed by atoms with van der Waals surface area (Å²) in [6, 6.07) is -2.86. The molecule has 1 aliphatic carbocycles. The van der Waals surface area contributed by atoms with Crippen molar-refractivity contribution in [2.45, 2.75) is 98.2 Å². The van der Waals surface area contributed by atoms with E-state index in [1.54, 1.807) is 0 Å². The highest BCUT2D eigenvalue weighted by Gasteiger charge is 2.51. The van der Waals surface area contributed by atoms with Gasteiger partial charge in [-0.3, -0.25) is 0 Å². The smallest absolute Gasteiger partial charge is 0.187 e. The summed E-state index contributed by atoms with van der Waals surface area (Å²) in [7, 11) is 0. The van der Waals surface area contributed by atoms with Crippen LogP contribution < -0.4 is 22.9 Å². The van der Waals surface area contributed by atoms with Crippen LogP contribution in [0, 0.1) is 0 Å². The first-order chi connectivity index (χ1) is 15.5. The SMILES string of the molecule is NCC1O[C@H](OC2C(N)CC(N)[C@@H](OC3O[C@H](CO)[C@@H](O)C(N)[C@H]3O)[C@H]2O)[C@@H](O)C(O)[C@@H]1O. The predicted octanol–water partition coefficient (Wildman–Crippen LogP) is -7.29. The summed E-state index contributed by atoms with van der Waals surface area (Å²) >= 11 is 0. The van der Waals surface area contributed by atoms with Gasteiger partial charge in [0.15, 0.2) is 12.6 Å². The largest absolute Gasteiger partial charge is 0.394 e. The molecule has 0 amide bonds. The third kappa shape index (κ3) is 5.32. The molecule has 3 rings (SSSR count). The van der Waals surface area contributed by atoms with Crippen LogP contribution in [0.2, 0.25) is 0 Å². The van der Waals surface area contributed by atoms with E-state index in [1.165, 1.54) is 0 Å². The van der Waals surface area contributed by atoms with Crippen molar-refractivity contribution in [3.8, 4) is 0 Å². The fourth-order valence-corrected chi connectivity index (χ4v) is 4.40.